The maximum absolute atomic E-state index is 12.5. The van der Waals surface area contributed by atoms with Gasteiger partial charge in [-0.1, -0.05) is 37.6 Å². The van der Waals surface area contributed by atoms with Gasteiger partial charge < -0.3 is 20.4 Å². The van der Waals surface area contributed by atoms with Crippen LogP contribution in [0.5, 0.6) is 0 Å². The third-order valence-corrected chi connectivity index (χ3v) is 5.04. The number of unbranched alkanes of at least 4 members (excludes halogenated alkanes) is 1. The zero-order chi connectivity index (χ0) is 22.4. The molecule has 0 unspecified atom stereocenters. The number of nitrogen functional groups attached to an aromatic ring is 1. The molecule has 31 heavy (non-hydrogen) atoms. The number of carbonyl (C=O) groups is 2. The summed E-state index contributed by atoms with van der Waals surface area (Å²) in [5.74, 6) is 0.197. The van der Waals surface area contributed by atoms with Crippen molar-refractivity contribution in [1.29, 1.82) is 5.41 Å². The molecule has 0 saturated heterocycles. The highest BCUT2D eigenvalue weighted by atomic mass is 16.5. The number of aryl methyl sites for hydroxylation is 1. The Morgan fingerprint density at radius 1 is 1.16 bits per heavy atom. The first-order chi connectivity index (χ1) is 14.9. The van der Waals surface area contributed by atoms with E-state index < -0.39 is 0 Å². The van der Waals surface area contributed by atoms with E-state index in [1.54, 1.807) is 24.3 Å². The molecule has 0 aliphatic heterocycles. The zero-order valence-corrected chi connectivity index (χ0v) is 17.8. The molecule has 3 aromatic rings. The fourth-order valence-electron chi connectivity index (χ4n) is 3.32. The number of amidine groups is 1. The van der Waals surface area contributed by atoms with Gasteiger partial charge in [-0.05, 0) is 24.6 Å². The van der Waals surface area contributed by atoms with E-state index >= 15 is 0 Å². The van der Waals surface area contributed by atoms with Gasteiger partial charge in [-0.25, -0.2) is 4.98 Å². The number of carbonyl (C=O) groups excluding carboxylic acids is 2. The van der Waals surface area contributed by atoms with Crippen molar-refractivity contribution in [2.45, 2.75) is 32.7 Å². The number of imidazole rings is 1. The largest absolute Gasteiger partial charge is 0.469 e. The Bertz CT molecular complexity index is 1100. The Morgan fingerprint density at radius 3 is 2.52 bits per heavy atom. The van der Waals surface area contributed by atoms with E-state index in [2.05, 4.69) is 21.5 Å². The van der Waals surface area contributed by atoms with E-state index in [0.29, 0.717) is 11.1 Å². The van der Waals surface area contributed by atoms with Crippen LogP contribution in [0, 0.1) is 5.41 Å². The van der Waals surface area contributed by atoms with Crippen LogP contribution in [-0.4, -0.2) is 40.9 Å². The second-order valence-electron chi connectivity index (χ2n) is 7.22. The lowest BCUT2D eigenvalue weighted by molar-refractivity contribution is -0.140. The van der Waals surface area contributed by atoms with Crippen LogP contribution in [0.25, 0.3) is 22.4 Å². The molecule has 0 radical (unpaired) electrons. The molecule has 0 aliphatic carbocycles. The van der Waals surface area contributed by atoms with Crippen LogP contribution in [0.1, 0.15) is 42.1 Å². The van der Waals surface area contributed by atoms with Gasteiger partial charge in [0, 0.05) is 29.8 Å². The van der Waals surface area contributed by atoms with Gasteiger partial charge in [-0.2, -0.15) is 0 Å². The summed E-state index contributed by atoms with van der Waals surface area (Å²) >= 11 is 0. The fourth-order valence-corrected chi connectivity index (χ4v) is 3.32. The van der Waals surface area contributed by atoms with Crippen LogP contribution >= 0.6 is 0 Å². The molecule has 2 aromatic carbocycles. The zero-order valence-electron chi connectivity index (χ0n) is 17.8. The van der Waals surface area contributed by atoms with E-state index in [0.717, 1.165) is 41.8 Å². The van der Waals surface area contributed by atoms with E-state index in [-0.39, 0.29) is 30.7 Å². The first-order valence-corrected chi connectivity index (χ1v) is 10.2. The standard InChI is InChI=1S/C23H27N5O3/c1-3-4-13-28-19-10-9-17(23(30)26-12-11-20(29)31-2)14-18(19)27-22(28)16-7-5-15(6-8-16)21(24)25/h5-10,14H,3-4,11-13H2,1-2H3,(H3,24,25)(H,26,30). The van der Waals surface area contributed by atoms with Crippen LogP contribution in [0.3, 0.4) is 0 Å². The van der Waals surface area contributed by atoms with E-state index in [1.807, 2.05) is 18.2 Å². The lowest BCUT2D eigenvalue weighted by Crippen LogP contribution is -2.26. The lowest BCUT2D eigenvalue weighted by Gasteiger charge is -2.09. The Balaban J connectivity index is 1.92. The molecule has 8 nitrogen and oxygen atoms in total. The molecule has 0 atom stereocenters. The molecule has 162 valence electrons. The molecule has 4 N–H and O–H groups in total. The Labute approximate surface area is 180 Å². The van der Waals surface area contributed by atoms with Crippen LogP contribution < -0.4 is 11.1 Å². The average Bonchev–Trinajstić information content (AvgIpc) is 3.15. The molecule has 0 spiro atoms. The van der Waals surface area contributed by atoms with Crippen LogP contribution in [0.2, 0.25) is 0 Å². The maximum Gasteiger partial charge on any atom is 0.307 e. The number of aromatic nitrogens is 2. The predicted octanol–water partition coefficient (Wildman–Crippen LogP) is 3.08. The predicted molar refractivity (Wildman–Crippen MR) is 120 cm³/mol. The van der Waals surface area contributed by atoms with Crippen molar-refractivity contribution in [1.82, 2.24) is 14.9 Å². The molecule has 0 bridgehead atoms. The fraction of sp³-hybridized carbons (Fsp3) is 0.304. The topological polar surface area (TPSA) is 123 Å². The third kappa shape index (κ3) is 5.09. The van der Waals surface area contributed by atoms with E-state index in [1.165, 1.54) is 7.11 Å². The van der Waals surface area contributed by atoms with Gasteiger partial charge in [0.1, 0.15) is 11.7 Å². The summed E-state index contributed by atoms with van der Waals surface area (Å²) in [5.41, 5.74) is 9.29. The average molecular weight is 422 g/mol. The number of hydrogen-bond acceptors (Lipinski definition) is 5. The number of nitrogens with two attached hydrogens (primary N) is 1. The number of hydrogen-bond donors (Lipinski definition) is 3. The number of fused-ring (bicyclic) bond motifs is 1. The molecular weight excluding hydrogens is 394 g/mol. The minimum Gasteiger partial charge on any atom is -0.469 e. The summed E-state index contributed by atoms with van der Waals surface area (Å²) in [7, 11) is 1.32. The summed E-state index contributed by atoms with van der Waals surface area (Å²) in [5, 5.41) is 10.3. The molecular formula is C23H27N5O3. The number of methoxy groups -OCH3 is 1. The number of nitrogens with zero attached hydrogens (tertiary/aromatic N) is 2. The summed E-state index contributed by atoms with van der Waals surface area (Å²) in [6, 6.07) is 12.9. The number of amides is 1. The SMILES string of the molecule is CCCCn1c(-c2ccc(C(=N)N)cc2)nc2cc(C(=O)NCCC(=O)OC)ccc21. The molecule has 1 heterocycles. The van der Waals surface area contributed by atoms with Crippen molar-refractivity contribution >= 4 is 28.7 Å². The highest BCUT2D eigenvalue weighted by molar-refractivity contribution is 5.98. The number of esters is 1. The minimum atomic E-state index is -0.370. The van der Waals surface area contributed by atoms with Crippen LogP contribution in [-0.2, 0) is 16.1 Å². The smallest absolute Gasteiger partial charge is 0.307 e. The Kier molecular flexibility index (Phi) is 7.02. The van der Waals surface area contributed by atoms with Gasteiger partial charge in [-0.15, -0.1) is 0 Å². The summed E-state index contributed by atoms with van der Waals surface area (Å²) in [4.78, 5) is 28.5. The van der Waals surface area contributed by atoms with E-state index in [4.69, 9.17) is 16.1 Å². The lowest BCUT2D eigenvalue weighted by atomic mass is 10.1. The van der Waals surface area contributed by atoms with Crippen molar-refractivity contribution in [3.05, 3.63) is 53.6 Å². The van der Waals surface area contributed by atoms with Crippen molar-refractivity contribution in [2.75, 3.05) is 13.7 Å². The molecule has 0 fully saturated rings. The molecule has 3 rings (SSSR count). The molecule has 1 amide bonds. The van der Waals surface area contributed by atoms with E-state index in [9.17, 15) is 9.59 Å². The molecule has 0 saturated carbocycles. The highest BCUT2D eigenvalue weighted by Crippen LogP contribution is 2.26. The summed E-state index contributed by atoms with van der Waals surface area (Å²) in [6.07, 6.45) is 2.17. The van der Waals surface area contributed by atoms with Gasteiger partial charge in [-0.3, -0.25) is 15.0 Å². The van der Waals surface area contributed by atoms with Crippen molar-refractivity contribution in [3.63, 3.8) is 0 Å². The Morgan fingerprint density at radius 2 is 1.87 bits per heavy atom. The number of rotatable bonds is 9. The normalized spacial score (nSPS) is 10.8. The molecule has 1 aromatic heterocycles. The number of nitrogens with one attached hydrogen (secondary N) is 2. The van der Waals surface area contributed by atoms with Gasteiger partial charge >= 0.3 is 5.97 Å². The number of ether oxygens (including phenoxy) is 1. The van der Waals surface area contributed by atoms with Gasteiger partial charge in [0.15, 0.2) is 0 Å². The van der Waals surface area contributed by atoms with Gasteiger partial charge in [0.25, 0.3) is 5.91 Å². The van der Waals surface area contributed by atoms with Crippen molar-refractivity contribution < 1.29 is 14.3 Å². The quantitative estimate of drug-likeness (QED) is 0.278. The summed E-state index contributed by atoms with van der Waals surface area (Å²) < 4.78 is 6.74. The van der Waals surface area contributed by atoms with Gasteiger partial charge in [0.05, 0.1) is 24.6 Å². The highest BCUT2D eigenvalue weighted by Gasteiger charge is 2.15. The Hall–Kier alpha value is -3.68. The second kappa shape index (κ2) is 9.88. The molecule has 8 heteroatoms. The maximum atomic E-state index is 12.5. The van der Waals surface area contributed by atoms with Crippen molar-refractivity contribution in [3.8, 4) is 11.4 Å². The van der Waals surface area contributed by atoms with Crippen molar-refractivity contribution in [2.24, 2.45) is 5.73 Å². The minimum absolute atomic E-state index is 0.0221. The van der Waals surface area contributed by atoms with Gasteiger partial charge in [0.2, 0.25) is 0 Å². The first kappa shape index (κ1) is 22.0. The number of benzene rings is 2. The van der Waals surface area contributed by atoms with Crippen LogP contribution in [0.15, 0.2) is 42.5 Å². The second-order valence-corrected chi connectivity index (χ2v) is 7.22. The van der Waals surface area contributed by atoms with Crippen LogP contribution in [0.4, 0.5) is 0 Å². The monoisotopic (exact) mass is 421 g/mol. The molecule has 0 aliphatic rings. The summed E-state index contributed by atoms with van der Waals surface area (Å²) in [6.45, 7) is 3.15. The first-order valence-electron chi connectivity index (χ1n) is 10.2. The third-order valence-electron chi connectivity index (χ3n) is 5.04.